The van der Waals surface area contributed by atoms with Gasteiger partial charge in [0.15, 0.2) is 0 Å². The van der Waals surface area contributed by atoms with Gasteiger partial charge in [-0.25, -0.2) is 9.97 Å². The first-order chi connectivity index (χ1) is 15.4. The molecule has 0 fully saturated rings. The van der Waals surface area contributed by atoms with Crippen molar-refractivity contribution in [3.8, 4) is 16.9 Å². The lowest BCUT2D eigenvalue weighted by Crippen LogP contribution is -2.42. The van der Waals surface area contributed by atoms with Crippen LogP contribution in [-0.2, 0) is 19.5 Å². The second-order valence-corrected chi connectivity index (χ2v) is 7.95. The number of fused-ring (bicyclic) bond motifs is 1. The first kappa shape index (κ1) is 19.5. The summed E-state index contributed by atoms with van der Waals surface area (Å²) in [5.41, 5.74) is 6.05. The van der Waals surface area contributed by atoms with Crippen molar-refractivity contribution in [3.05, 3.63) is 114 Å². The van der Waals surface area contributed by atoms with Crippen LogP contribution in [0.2, 0.25) is 0 Å². The summed E-state index contributed by atoms with van der Waals surface area (Å²) in [4.78, 5) is 11.0. The fourth-order valence-corrected chi connectivity index (χ4v) is 4.29. The zero-order valence-electron chi connectivity index (χ0n) is 17.4. The van der Waals surface area contributed by atoms with E-state index in [4.69, 9.17) is 4.74 Å². The Hall–Kier alpha value is -3.50. The highest BCUT2D eigenvalue weighted by Crippen LogP contribution is 2.35. The standard InChI is InChI=1S/C27H25N3O/c1-3-8-21(9-4-1)17-30(18-22-10-5-2-6-11-22)24-14-26-25(23-15-28-20-29-16-23)12-7-13-27(26)31-19-24/h1-13,15-16,20,24H,14,17-19H2. The van der Waals surface area contributed by atoms with Crippen molar-refractivity contribution in [2.24, 2.45) is 0 Å². The quantitative estimate of drug-likeness (QED) is 0.443. The van der Waals surface area contributed by atoms with E-state index in [9.17, 15) is 0 Å². The van der Waals surface area contributed by atoms with Gasteiger partial charge in [-0.2, -0.15) is 0 Å². The van der Waals surface area contributed by atoms with Crippen LogP contribution in [0.15, 0.2) is 97.6 Å². The molecule has 4 heteroatoms. The van der Waals surface area contributed by atoms with Gasteiger partial charge < -0.3 is 4.74 Å². The molecular weight excluding hydrogens is 382 g/mol. The minimum Gasteiger partial charge on any atom is -0.492 e. The lowest BCUT2D eigenvalue weighted by molar-refractivity contribution is 0.106. The van der Waals surface area contributed by atoms with Gasteiger partial charge in [-0.3, -0.25) is 4.90 Å². The molecule has 1 aliphatic rings. The highest BCUT2D eigenvalue weighted by Gasteiger charge is 2.28. The molecule has 5 rings (SSSR count). The Balaban J connectivity index is 1.46. The molecule has 154 valence electrons. The van der Waals surface area contributed by atoms with E-state index in [2.05, 4.69) is 87.7 Å². The Kier molecular flexibility index (Phi) is 5.72. The highest BCUT2D eigenvalue weighted by atomic mass is 16.5. The molecule has 0 saturated heterocycles. The lowest BCUT2D eigenvalue weighted by Gasteiger charge is -2.36. The molecule has 0 saturated carbocycles. The third-order valence-corrected chi connectivity index (χ3v) is 5.85. The van der Waals surface area contributed by atoms with E-state index in [1.807, 2.05) is 18.5 Å². The molecule has 0 spiro atoms. The SMILES string of the molecule is c1ccc(CN(Cc2ccccc2)C2COc3cccc(-c4cncnc4)c3C2)cc1. The fourth-order valence-electron chi connectivity index (χ4n) is 4.29. The molecule has 4 nitrogen and oxygen atoms in total. The van der Waals surface area contributed by atoms with Crippen LogP contribution in [0, 0.1) is 0 Å². The van der Waals surface area contributed by atoms with Crippen LogP contribution in [0.5, 0.6) is 5.75 Å². The average molecular weight is 408 g/mol. The maximum absolute atomic E-state index is 6.27. The van der Waals surface area contributed by atoms with Gasteiger partial charge in [0.1, 0.15) is 18.7 Å². The zero-order valence-corrected chi connectivity index (χ0v) is 17.4. The second kappa shape index (κ2) is 9.11. The Bertz CT molecular complexity index is 1080. The van der Waals surface area contributed by atoms with Gasteiger partial charge in [-0.15, -0.1) is 0 Å². The second-order valence-electron chi connectivity index (χ2n) is 7.95. The third-order valence-electron chi connectivity index (χ3n) is 5.85. The minimum atomic E-state index is 0.277. The Morgan fingerprint density at radius 2 is 1.42 bits per heavy atom. The van der Waals surface area contributed by atoms with E-state index in [-0.39, 0.29) is 6.04 Å². The molecule has 4 aromatic rings. The molecular formula is C27H25N3O. The summed E-state index contributed by atoms with van der Waals surface area (Å²) in [6.07, 6.45) is 6.25. The number of aromatic nitrogens is 2. The topological polar surface area (TPSA) is 38.2 Å². The van der Waals surface area contributed by atoms with E-state index >= 15 is 0 Å². The van der Waals surface area contributed by atoms with Crippen molar-refractivity contribution in [1.82, 2.24) is 14.9 Å². The molecule has 3 aromatic carbocycles. The Labute approximate surface area is 183 Å². The molecule has 31 heavy (non-hydrogen) atoms. The molecule has 1 unspecified atom stereocenters. The highest BCUT2D eigenvalue weighted by molar-refractivity contribution is 5.69. The summed E-state index contributed by atoms with van der Waals surface area (Å²) in [5.74, 6) is 0.969. The largest absolute Gasteiger partial charge is 0.492 e. The van der Waals surface area contributed by atoms with Crippen molar-refractivity contribution < 1.29 is 4.74 Å². The molecule has 1 aliphatic heterocycles. The molecule has 1 atom stereocenters. The molecule has 1 aromatic heterocycles. The summed E-state index contributed by atoms with van der Waals surface area (Å²) in [7, 11) is 0. The van der Waals surface area contributed by atoms with Crippen LogP contribution in [0.4, 0.5) is 0 Å². The predicted octanol–water partition coefficient (Wildman–Crippen LogP) is 5.15. The molecule has 0 amide bonds. The van der Waals surface area contributed by atoms with Crippen LogP contribution >= 0.6 is 0 Å². The molecule has 0 aliphatic carbocycles. The Morgan fingerprint density at radius 1 is 0.774 bits per heavy atom. The van der Waals surface area contributed by atoms with Gasteiger partial charge in [-0.05, 0) is 29.2 Å². The summed E-state index contributed by atoms with van der Waals surface area (Å²) >= 11 is 0. The van der Waals surface area contributed by atoms with E-state index in [0.29, 0.717) is 6.61 Å². The number of rotatable bonds is 6. The van der Waals surface area contributed by atoms with Crippen molar-refractivity contribution in [3.63, 3.8) is 0 Å². The van der Waals surface area contributed by atoms with Gasteiger partial charge in [0.2, 0.25) is 0 Å². The van der Waals surface area contributed by atoms with Gasteiger partial charge in [0.25, 0.3) is 0 Å². The van der Waals surface area contributed by atoms with Gasteiger partial charge in [0, 0.05) is 42.7 Å². The van der Waals surface area contributed by atoms with Crippen molar-refractivity contribution in [2.75, 3.05) is 6.61 Å². The maximum Gasteiger partial charge on any atom is 0.123 e. The molecule has 2 heterocycles. The van der Waals surface area contributed by atoms with Crippen LogP contribution in [0.3, 0.4) is 0 Å². The monoisotopic (exact) mass is 407 g/mol. The third kappa shape index (κ3) is 4.49. The van der Waals surface area contributed by atoms with E-state index < -0.39 is 0 Å². The molecule has 0 radical (unpaired) electrons. The van der Waals surface area contributed by atoms with Crippen LogP contribution in [0.25, 0.3) is 11.1 Å². The number of nitrogens with zero attached hydrogens (tertiary/aromatic N) is 3. The van der Waals surface area contributed by atoms with Crippen LogP contribution < -0.4 is 4.74 Å². The van der Waals surface area contributed by atoms with E-state index in [1.165, 1.54) is 16.7 Å². The van der Waals surface area contributed by atoms with Gasteiger partial charge in [-0.1, -0.05) is 72.8 Å². The van der Waals surface area contributed by atoms with Gasteiger partial charge in [0.05, 0.1) is 0 Å². The number of hydrogen-bond donors (Lipinski definition) is 0. The summed E-state index contributed by atoms with van der Waals surface area (Å²) in [6, 6.07) is 27.9. The smallest absolute Gasteiger partial charge is 0.123 e. The number of hydrogen-bond acceptors (Lipinski definition) is 4. The minimum absolute atomic E-state index is 0.277. The van der Waals surface area contributed by atoms with Crippen molar-refractivity contribution in [1.29, 1.82) is 0 Å². The average Bonchev–Trinajstić information content (AvgIpc) is 2.85. The van der Waals surface area contributed by atoms with Crippen molar-refractivity contribution in [2.45, 2.75) is 25.6 Å². The van der Waals surface area contributed by atoms with Crippen molar-refractivity contribution >= 4 is 0 Å². The molecule has 0 N–H and O–H groups in total. The van der Waals surface area contributed by atoms with Crippen LogP contribution in [0.1, 0.15) is 16.7 Å². The summed E-state index contributed by atoms with van der Waals surface area (Å²) in [6.45, 7) is 2.45. The lowest BCUT2D eigenvalue weighted by atomic mass is 9.93. The first-order valence-corrected chi connectivity index (χ1v) is 10.7. The summed E-state index contributed by atoms with van der Waals surface area (Å²) in [5, 5.41) is 0. The number of ether oxygens (including phenoxy) is 1. The fraction of sp³-hybridized carbons (Fsp3) is 0.185. The Morgan fingerprint density at radius 3 is 2.06 bits per heavy atom. The predicted molar refractivity (Wildman–Crippen MR) is 123 cm³/mol. The summed E-state index contributed by atoms with van der Waals surface area (Å²) < 4.78 is 6.27. The van der Waals surface area contributed by atoms with Gasteiger partial charge >= 0.3 is 0 Å². The zero-order chi connectivity index (χ0) is 20.9. The van der Waals surface area contributed by atoms with E-state index in [1.54, 1.807) is 6.33 Å². The van der Waals surface area contributed by atoms with E-state index in [0.717, 1.165) is 36.4 Å². The number of benzene rings is 3. The van der Waals surface area contributed by atoms with Crippen LogP contribution in [-0.4, -0.2) is 27.5 Å². The maximum atomic E-state index is 6.27. The first-order valence-electron chi connectivity index (χ1n) is 10.7. The normalized spacial score (nSPS) is 15.3. The molecule has 0 bridgehead atoms.